The molecule has 0 spiro atoms. The van der Waals surface area contributed by atoms with Crippen molar-refractivity contribution in [3.05, 3.63) is 100 Å². The number of hydrogen-bond donors (Lipinski definition) is 1. The number of nitrogens with zero attached hydrogens (tertiary/aromatic N) is 5. The molecule has 0 atom stereocenters. The third-order valence-electron chi connectivity index (χ3n) is 6.10. The number of pyridine rings is 1. The maximum Gasteiger partial charge on any atom is 0.436 e. The fourth-order valence-corrected chi connectivity index (χ4v) is 4.46. The minimum absolute atomic E-state index is 0.0974. The molecule has 0 unspecified atom stereocenters. The summed E-state index contributed by atoms with van der Waals surface area (Å²) in [5, 5.41) is 10.0. The lowest BCUT2D eigenvalue weighted by Gasteiger charge is -2.19. The summed E-state index contributed by atoms with van der Waals surface area (Å²) in [5.74, 6) is -0.213. The molecule has 0 saturated heterocycles. The van der Waals surface area contributed by atoms with E-state index in [2.05, 4.69) is 20.5 Å². The van der Waals surface area contributed by atoms with Crippen LogP contribution in [0.15, 0.2) is 66.9 Å². The average Bonchev–Trinajstić information content (AvgIpc) is 3.49. The summed E-state index contributed by atoms with van der Waals surface area (Å²) in [5.41, 5.74) is -0.455. The molecule has 2 aromatic carbocycles. The Morgan fingerprint density at radius 3 is 2.39 bits per heavy atom. The molecule has 1 amide bonds. The highest BCUT2D eigenvalue weighted by molar-refractivity contribution is 6.32. The Morgan fingerprint density at radius 1 is 0.977 bits per heavy atom. The van der Waals surface area contributed by atoms with Crippen LogP contribution < -0.4 is 10.1 Å². The van der Waals surface area contributed by atoms with Gasteiger partial charge in [-0.15, -0.1) is 0 Å². The Hall–Kier alpha value is -4.91. The van der Waals surface area contributed by atoms with Gasteiger partial charge in [-0.1, -0.05) is 17.7 Å². The summed E-state index contributed by atoms with van der Waals surface area (Å²) in [6.07, 6.45) is -3.26. The second-order valence-corrected chi connectivity index (χ2v) is 11.1. The number of ether oxygens (including phenoxy) is 2. The zero-order valence-electron chi connectivity index (χ0n) is 23.9. The van der Waals surface area contributed by atoms with Gasteiger partial charge >= 0.3 is 12.1 Å². The first kappa shape index (κ1) is 30.5. The van der Waals surface area contributed by atoms with Gasteiger partial charge in [-0.2, -0.15) is 23.4 Å². The molecule has 3 aromatic heterocycles. The topological polar surface area (TPSA) is 113 Å². The van der Waals surface area contributed by atoms with Crippen molar-refractivity contribution in [2.75, 3.05) is 5.32 Å². The number of aryl methyl sites for hydroxylation is 1. The first-order chi connectivity index (χ1) is 20.7. The molecule has 228 valence electrons. The molecule has 1 N–H and O–H groups in total. The maximum absolute atomic E-state index is 13.8. The van der Waals surface area contributed by atoms with Gasteiger partial charge in [0.15, 0.2) is 11.3 Å². The van der Waals surface area contributed by atoms with Crippen LogP contribution in [0.1, 0.15) is 58.7 Å². The molecule has 14 heteroatoms. The number of benzene rings is 2. The van der Waals surface area contributed by atoms with Crippen molar-refractivity contribution < 1.29 is 32.2 Å². The minimum atomic E-state index is -4.85. The van der Waals surface area contributed by atoms with Crippen LogP contribution in [0, 0.1) is 6.92 Å². The molecule has 0 bridgehead atoms. The van der Waals surface area contributed by atoms with E-state index in [0.717, 1.165) is 4.68 Å². The third kappa shape index (κ3) is 6.83. The summed E-state index contributed by atoms with van der Waals surface area (Å²) in [6, 6.07) is 15.2. The van der Waals surface area contributed by atoms with Crippen LogP contribution in [0.2, 0.25) is 5.02 Å². The fourth-order valence-electron chi connectivity index (χ4n) is 4.18. The number of carbonyl (C=O) groups is 2. The van der Waals surface area contributed by atoms with E-state index in [4.69, 9.17) is 21.1 Å². The summed E-state index contributed by atoms with van der Waals surface area (Å²) in [4.78, 5) is 29.6. The normalized spacial score (nSPS) is 11.9. The summed E-state index contributed by atoms with van der Waals surface area (Å²) >= 11 is 6.18. The highest BCUT2D eigenvalue weighted by atomic mass is 35.5. The van der Waals surface area contributed by atoms with Gasteiger partial charge in [0.25, 0.3) is 5.91 Å². The van der Waals surface area contributed by atoms with E-state index in [1.54, 1.807) is 46.0 Å². The molecule has 10 nitrogen and oxygen atoms in total. The Balaban J connectivity index is 1.39. The largest absolute Gasteiger partial charge is 0.487 e. The number of aromatic nitrogens is 5. The Labute approximate surface area is 254 Å². The predicted octanol–water partition coefficient (Wildman–Crippen LogP) is 6.68. The van der Waals surface area contributed by atoms with E-state index in [1.165, 1.54) is 53.0 Å². The number of alkyl halides is 3. The van der Waals surface area contributed by atoms with E-state index in [9.17, 15) is 22.8 Å². The van der Waals surface area contributed by atoms with Crippen molar-refractivity contribution in [2.24, 2.45) is 0 Å². The maximum atomic E-state index is 13.8. The van der Waals surface area contributed by atoms with E-state index in [-0.39, 0.29) is 28.3 Å². The molecule has 44 heavy (non-hydrogen) atoms. The lowest BCUT2D eigenvalue weighted by molar-refractivity contribution is -0.141. The van der Waals surface area contributed by atoms with Gasteiger partial charge in [-0.25, -0.2) is 19.0 Å². The number of halogens is 4. The molecule has 0 saturated carbocycles. The number of fused-ring (bicyclic) bond motifs is 1. The van der Waals surface area contributed by atoms with Crippen LogP contribution in [-0.2, 0) is 17.5 Å². The Bertz CT molecular complexity index is 1860. The molecule has 0 aliphatic rings. The molecule has 0 aliphatic carbocycles. The molecular weight excluding hydrogens is 601 g/mol. The second kappa shape index (κ2) is 11.6. The van der Waals surface area contributed by atoms with Crippen LogP contribution in [0.4, 0.5) is 18.9 Å². The number of amides is 1. The number of esters is 1. The lowest BCUT2D eigenvalue weighted by Crippen LogP contribution is -2.23. The van der Waals surface area contributed by atoms with Crippen molar-refractivity contribution in [2.45, 2.75) is 46.1 Å². The van der Waals surface area contributed by atoms with Gasteiger partial charge in [-0.05, 0) is 82.3 Å². The van der Waals surface area contributed by atoms with Crippen molar-refractivity contribution >= 4 is 34.8 Å². The molecule has 0 radical (unpaired) electrons. The lowest BCUT2D eigenvalue weighted by atomic mass is 10.1. The number of anilines is 1. The van der Waals surface area contributed by atoms with Gasteiger partial charge in [0, 0.05) is 5.56 Å². The highest BCUT2D eigenvalue weighted by Crippen LogP contribution is 2.37. The third-order valence-corrected chi connectivity index (χ3v) is 6.49. The first-order valence-electron chi connectivity index (χ1n) is 13.2. The van der Waals surface area contributed by atoms with Gasteiger partial charge in [0.2, 0.25) is 0 Å². The smallest absolute Gasteiger partial charge is 0.436 e. The van der Waals surface area contributed by atoms with Crippen molar-refractivity contribution in [3.8, 4) is 11.4 Å². The van der Waals surface area contributed by atoms with Gasteiger partial charge in [0.1, 0.15) is 29.5 Å². The molecular formula is C30H26ClF3N6O4. The van der Waals surface area contributed by atoms with Gasteiger partial charge < -0.3 is 14.8 Å². The quantitative estimate of drug-likeness (QED) is 0.201. The van der Waals surface area contributed by atoms with Crippen LogP contribution in [0.3, 0.4) is 0 Å². The second-order valence-electron chi connectivity index (χ2n) is 10.7. The number of nitrogens with one attached hydrogen (secondary N) is 1. The minimum Gasteiger partial charge on any atom is -0.487 e. The predicted molar refractivity (Wildman–Crippen MR) is 155 cm³/mol. The monoisotopic (exact) mass is 626 g/mol. The summed E-state index contributed by atoms with van der Waals surface area (Å²) < 4.78 is 55.0. The first-order valence-corrected chi connectivity index (χ1v) is 13.6. The molecule has 0 aliphatic heterocycles. The highest BCUT2D eigenvalue weighted by Gasteiger charge is 2.39. The van der Waals surface area contributed by atoms with Crippen molar-refractivity contribution in [3.63, 3.8) is 0 Å². The molecule has 0 fully saturated rings. The van der Waals surface area contributed by atoms with E-state index >= 15 is 0 Å². The molecule has 5 aromatic rings. The zero-order chi connectivity index (χ0) is 31.8. The SMILES string of the molecule is Cc1nc2ccc(NC(=O)c3cccc(-n4nc(C(F)(F)F)c(Cl)c4COc4ccc(C(=O)OC(C)(C)C)cc4)c3)cn2n1. The average molecular weight is 627 g/mol. The Morgan fingerprint density at radius 2 is 1.70 bits per heavy atom. The van der Waals surface area contributed by atoms with Gasteiger partial charge in [0.05, 0.1) is 28.2 Å². The van der Waals surface area contributed by atoms with Gasteiger partial charge in [-0.3, -0.25) is 4.79 Å². The molecule has 5 rings (SSSR count). The standard InChI is InChI=1S/C30H26ClF3N6O4/c1-17-35-24-13-10-20(15-39(24)37-17)36-27(41)19-6-5-7-21(14-19)40-23(25(31)26(38-40)30(32,33)34)16-43-22-11-8-18(9-12-22)28(42)44-29(2,3)4/h5-15H,16H2,1-4H3,(H,36,41). The fraction of sp³-hybridized carbons (Fsp3) is 0.233. The van der Waals surface area contributed by atoms with Crippen molar-refractivity contribution in [1.29, 1.82) is 0 Å². The van der Waals surface area contributed by atoms with E-state index in [0.29, 0.717) is 17.2 Å². The van der Waals surface area contributed by atoms with Crippen LogP contribution >= 0.6 is 11.6 Å². The molecule has 3 heterocycles. The Kier molecular flexibility index (Phi) is 8.08. The van der Waals surface area contributed by atoms with Crippen LogP contribution in [0.5, 0.6) is 5.75 Å². The summed E-state index contributed by atoms with van der Waals surface area (Å²) in [6.45, 7) is 6.57. The van der Waals surface area contributed by atoms with Crippen molar-refractivity contribution in [1.82, 2.24) is 24.4 Å². The van der Waals surface area contributed by atoms with Crippen LogP contribution in [0.25, 0.3) is 11.3 Å². The number of hydrogen-bond acceptors (Lipinski definition) is 7. The van der Waals surface area contributed by atoms with E-state index < -0.39 is 41.0 Å². The van der Waals surface area contributed by atoms with Crippen LogP contribution in [-0.4, -0.2) is 41.9 Å². The van der Waals surface area contributed by atoms with E-state index in [1.807, 2.05) is 0 Å². The number of rotatable bonds is 7. The summed E-state index contributed by atoms with van der Waals surface area (Å²) in [7, 11) is 0. The zero-order valence-corrected chi connectivity index (χ0v) is 24.7. The number of carbonyl (C=O) groups excluding carboxylic acids is 2.